The molecule has 9 nitrogen and oxygen atoms in total. The van der Waals surface area contributed by atoms with E-state index in [1.54, 1.807) is 31.2 Å². The Morgan fingerprint density at radius 2 is 1.74 bits per heavy atom. The predicted octanol–water partition coefficient (Wildman–Crippen LogP) is 4.65. The molecular formula is C30H26N2O7. The number of aromatic amines is 1. The summed E-state index contributed by atoms with van der Waals surface area (Å²) in [5.41, 5.74) is 1.78. The standard InChI is InChI=1S/C30H26N2O7/c1-18-29(39-20-8-4-3-5-9-20)28(34)23-13-12-21(15-26(23)38-18)37-17-27(33)32-25(30(35)36-2)14-19-16-31-24-11-7-6-10-22(19)24/h3-13,15-16,25,31H,14,17H2,1-2H3,(H,32,33). The van der Waals surface area contributed by atoms with Gasteiger partial charge in [-0.3, -0.25) is 9.59 Å². The number of aryl methyl sites for hydroxylation is 1. The lowest BCUT2D eigenvalue weighted by atomic mass is 10.0. The van der Waals surface area contributed by atoms with E-state index in [4.69, 9.17) is 18.6 Å². The molecule has 2 heterocycles. The smallest absolute Gasteiger partial charge is 0.328 e. The van der Waals surface area contributed by atoms with Crippen molar-refractivity contribution in [3.8, 4) is 17.2 Å². The van der Waals surface area contributed by atoms with Gasteiger partial charge in [0.2, 0.25) is 11.2 Å². The summed E-state index contributed by atoms with van der Waals surface area (Å²) in [4.78, 5) is 41.3. The van der Waals surface area contributed by atoms with Crippen LogP contribution in [0.5, 0.6) is 17.2 Å². The molecular weight excluding hydrogens is 500 g/mol. The van der Waals surface area contributed by atoms with Crippen LogP contribution in [0.3, 0.4) is 0 Å². The predicted molar refractivity (Wildman–Crippen MR) is 145 cm³/mol. The molecule has 3 aromatic carbocycles. The lowest BCUT2D eigenvalue weighted by molar-refractivity contribution is -0.145. The van der Waals surface area contributed by atoms with Crippen LogP contribution in [0.2, 0.25) is 0 Å². The number of para-hydroxylation sites is 2. The number of nitrogens with one attached hydrogen (secondary N) is 2. The molecule has 0 spiro atoms. The van der Waals surface area contributed by atoms with E-state index in [1.165, 1.54) is 13.2 Å². The van der Waals surface area contributed by atoms with Gasteiger partial charge in [-0.2, -0.15) is 0 Å². The minimum absolute atomic E-state index is 0.103. The zero-order chi connectivity index (χ0) is 27.4. The van der Waals surface area contributed by atoms with Gasteiger partial charge in [0.1, 0.15) is 28.9 Å². The Hall–Kier alpha value is -5.05. The maximum atomic E-state index is 13.0. The second kappa shape index (κ2) is 11.1. The van der Waals surface area contributed by atoms with Crippen LogP contribution in [0.4, 0.5) is 0 Å². The van der Waals surface area contributed by atoms with Gasteiger partial charge in [0.15, 0.2) is 6.61 Å². The zero-order valence-electron chi connectivity index (χ0n) is 21.4. The van der Waals surface area contributed by atoms with Gasteiger partial charge in [0.25, 0.3) is 5.91 Å². The highest BCUT2D eigenvalue weighted by Gasteiger charge is 2.24. The van der Waals surface area contributed by atoms with E-state index in [2.05, 4.69) is 10.3 Å². The highest BCUT2D eigenvalue weighted by atomic mass is 16.5. The number of aromatic nitrogens is 1. The van der Waals surface area contributed by atoms with Gasteiger partial charge < -0.3 is 28.9 Å². The van der Waals surface area contributed by atoms with Crippen molar-refractivity contribution in [2.75, 3.05) is 13.7 Å². The number of hydrogen-bond acceptors (Lipinski definition) is 7. The minimum Gasteiger partial charge on any atom is -0.484 e. The third kappa shape index (κ3) is 5.62. The fourth-order valence-electron chi connectivity index (χ4n) is 4.32. The van der Waals surface area contributed by atoms with E-state index in [9.17, 15) is 14.4 Å². The Labute approximate surface area is 223 Å². The summed E-state index contributed by atoms with van der Waals surface area (Å²) in [6, 6.07) is 20.4. The van der Waals surface area contributed by atoms with Crippen molar-refractivity contribution >= 4 is 33.7 Å². The van der Waals surface area contributed by atoms with Crippen molar-refractivity contribution in [3.05, 3.63) is 101 Å². The number of benzene rings is 3. The van der Waals surface area contributed by atoms with Crippen molar-refractivity contribution in [1.29, 1.82) is 0 Å². The second-order valence-electron chi connectivity index (χ2n) is 8.89. The summed E-state index contributed by atoms with van der Waals surface area (Å²) >= 11 is 0. The van der Waals surface area contributed by atoms with Crippen LogP contribution >= 0.6 is 0 Å². The summed E-state index contributed by atoms with van der Waals surface area (Å²) in [6.07, 6.45) is 2.06. The first-order valence-electron chi connectivity index (χ1n) is 12.3. The van der Waals surface area contributed by atoms with Crippen molar-refractivity contribution in [2.24, 2.45) is 0 Å². The SMILES string of the molecule is COC(=O)C(Cc1c[nH]c2ccccc12)NC(=O)COc1ccc2c(=O)c(Oc3ccccc3)c(C)oc2c1. The number of carbonyl (C=O) groups excluding carboxylic acids is 2. The van der Waals surface area contributed by atoms with Crippen LogP contribution < -0.4 is 20.2 Å². The summed E-state index contributed by atoms with van der Waals surface area (Å²) < 4.78 is 22.1. The minimum atomic E-state index is -0.898. The summed E-state index contributed by atoms with van der Waals surface area (Å²) in [6.45, 7) is 1.28. The Bertz CT molecular complexity index is 1710. The number of esters is 1. The van der Waals surface area contributed by atoms with Gasteiger partial charge in [-0.25, -0.2) is 4.79 Å². The normalized spacial score (nSPS) is 11.7. The lowest BCUT2D eigenvalue weighted by Gasteiger charge is -2.16. The van der Waals surface area contributed by atoms with Gasteiger partial charge in [-0.05, 0) is 42.8 Å². The summed E-state index contributed by atoms with van der Waals surface area (Å²) in [5.74, 6) is 0.186. The molecule has 1 amide bonds. The Morgan fingerprint density at radius 1 is 0.974 bits per heavy atom. The fourth-order valence-corrected chi connectivity index (χ4v) is 4.32. The van der Waals surface area contributed by atoms with Gasteiger partial charge in [-0.1, -0.05) is 36.4 Å². The number of methoxy groups -OCH3 is 1. The van der Waals surface area contributed by atoms with E-state index < -0.39 is 17.9 Å². The third-order valence-electron chi connectivity index (χ3n) is 6.24. The van der Waals surface area contributed by atoms with Gasteiger partial charge >= 0.3 is 5.97 Å². The van der Waals surface area contributed by atoms with Crippen molar-refractivity contribution in [2.45, 2.75) is 19.4 Å². The Kier molecular flexibility index (Phi) is 7.31. The second-order valence-corrected chi connectivity index (χ2v) is 8.89. The van der Waals surface area contributed by atoms with Crippen molar-refractivity contribution in [3.63, 3.8) is 0 Å². The molecule has 0 aliphatic rings. The average molecular weight is 527 g/mol. The average Bonchev–Trinajstić information content (AvgIpc) is 3.36. The number of rotatable bonds is 9. The molecule has 2 N–H and O–H groups in total. The van der Waals surface area contributed by atoms with Crippen LogP contribution in [0.15, 0.2) is 88.2 Å². The Balaban J connectivity index is 1.27. The van der Waals surface area contributed by atoms with Gasteiger partial charge in [-0.15, -0.1) is 0 Å². The molecule has 0 saturated carbocycles. The highest BCUT2D eigenvalue weighted by molar-refractivity contribution is 5.88. The summed E-state index contributed by atoms with van der Waals surface area (Å²) in [7, 11) is 1.27. The molecule has 5 aromatic rings. The number of amides is 1. The molecule has 39 heavy (non-hydrogen) atoms. The Morgan fingerprint density at radius 3 is 2.54 bits per heavy atom. The third-order valence-corrected chi connectivity index (χ3v) is 6.24. The van der Waals surface area contributed by atoms with Crippen molar-refractivity contribution < 1.29 is 28.2 Å². The van der Waals surface area contributed by atoms with Crippen LogP contribution in [0, 0.1) is 6.92 Å². The van der Waals surface area contributed by atoms with Crippen LogP contribution in [-0.4, -0.2) is 36.6 Å². The molecule has 9 heteroatoms. The fraction of sp³-hybridized carbons (Fsp3) is 0.167. The molecule has 2 aromatic heterocycles. The quantitative estimate of drug-likeness (QED) is 0.268. The molecule has 0 aliphatic heterocycles. The first-order chi connectivity index (χ1) is 18.9. The van der Waals surface area contributed by atoms with Gasteiger partial charge in [0, 0.05) is 29.6 Å². The number of hydrogen-bond donors (Lipinski definition) is 2. The molecule has 0 radical (unpaired) electrons. The number of H-pyrrole nitrogens is 1. The summed E-state index contributed by atoms with van der Waals surface area (Å²) in [5, 5.41) is 3.96. The van der Waals surface area contributed by atoms with Gasteiger partial charge in [0.05, 0.1) is 12.5 Å². The largest absolute Gasteiger partial charge is 0.484 e. The van der Waals surface area contributed by atoms with E-state index in [0.717, 1.165) is 16.5 Å². The number of carbonyl (C=O) groups is 2. The molecule has 1 atom stereocenters. The van der Waals surface area contributed by atoms with Crippen LogP contribution in [-0.2, 0) is 20.7 Å². The molecule has 0 aliphatic carbocycles. The maximum Gasteiger partial charge on any atom is 0.328 e. The van der Waals surface area contributed by atoms with E-state index >= 15 is 0 Å². The molecule has 5 rings (SSSR count). The first kappa shape index (κ1) is 25.6. The molecule has 1 unspecified atom stereocenters. The van der Waals surface area contributed by atoms with Crippen molar-refractivity contribution in [1.82, 2.24) is 10.3 Å². The van der Waals surface area contributed by atoms with Crippen LogP contribution in [0.25, 0.3) is 21.9 Å². The maximum absolute atomic E-state index is 13.0. The topological polar surface area (TPSA) is 120 Å². The monoisotopic (exact) mass is 526 g/mol. The van der Waals surface area contributed by atoms with E-state index in [1.807, 2.05) is 48.7 Å². The number of fused-ring (bicyclic) bond motifs is 2. The zero-order valence-corrected chi connectivity index (χ0v) is 21.4. The molecule has 198 valence electrons. The van der Waals surface area contributed by atoms with Crippen LogP contribution in [0.1, 0.15) is 11.3 Å². The lowest BCUT2D eigenvalue weighted by Crippen LogP contribution is -2.44. The first-order valence-corrected chi connectivity index (χ1v) is 12.3. The molecule has 0 bridgehead atoms. The van der Waals surface area contributed by atoms with E-state index in [-0.39, 0.29) is 24.2 Å². The highest BCUT2D eigenvalue weighted by Crippen LogP contribution is 2.27. The number of ether oxygens (including phenoxy) is 3. The molecule has 0 saturated heterocycles. The molecule has 0 fully saturated rings. The van der Waals surface area contributed by atoms with E-state index in [0.29, 0.717) is 28.2 Å².